The summed E-state index contributed by atoms with van der Waals surface area (Å²) >= 11 is 0. The number of nitrogens with two attached hydrogens (primary N) is 1. The van der Waals surface area contributed by atoms with Crippen LogP contribution in [-0.4, -0.2) is 29.2 Å². The minimum Gasteiger partial charge on any atom is -0.376 e. The number of hydrogen-bond donors (Lipinski definition) is 3. The Bertz CT molecular complexity index is 415. The van der Waals surface area contributed by atoms with Gasteiger partial charge < -0.3 is 15.5 Å². The van der Waals surface area contributed by atoms with Crippen molar-refractivity contribution >= 4 is 11.6 Å². The quantitative estimate of drug-likeness (QED) is 0.537. The summed E-state index contributed by atoms with van der Waals surface area (Å²) in [5.41, 5.74) is 2.60. The van der Waals surface area contributed by atoms with Gasteiger partial charge in [0.1, 0.15) is 17.5 Å². The van der Waals surface area contributed by atoms with Gasteiger partial charge in [0.15, 0.2) is 0 Å². The summed E-state index contributed by atoms with van der Waals surface area (Å²) in [5.74, 6) is 8.34. The highest BCUT2D eigenvalue weighted by molar-refractivity contribution is 5.47. The number of hydrogen-bond acceptors (Lipinski definition) is 6. The number of hydrazine groups is 1. The van der Waals surface area contributed by atoms with Gasteiger partial charge in [0.2, 0.25) is 0 Å². The maximum Gasteiger partial charge on any atom is 0.145 e. The van der Waals surface area contributed by atoms with Crippen molar-refractivity contribution in [3.05, 3.63) is 11.9 Å². The van der Waals surface area contributed by atoms with E-state index in [4.69, 9.17) is 10.6 Å². The molecule has 6 nitrogen and oxygen atoms in total. The lowest BCUT2D eigenvalue weighted by molar-refractivity contribution is 0.120. The highest BCUT2D eigenvalue weighted by atomic mass is 16.5. The van der Waals surface area contributed by atoms with Crippen LogP contribution < -0.4 is 16.6 Å². The van der Waals surface area contributed by atoms with Crippen molar-refractivity contribution in [3.63, 3.8) is 0 Å². The molecule has 1 unspecified atom stereocenters. The molecule has 1 aliphatic carbocycles. The van der Waals surface area contributed by atoms with Crippen molar-refractivity contribution in [2.75, 3.05) is 23.9 Å². The molecular weight excluding hydrogens is 230 g/mol. The molecule has 1 saturated heterocycles. The van der Waals surface area contributed by atoms with Crippen LogP contribution in [0.25, 0.3) is 0 Å². The van der Waals surface area contributed by atoms with Crippen molar-refractivity contribution in [1.29, 1.82) is 0 Å². The number of rotatable bonds is 5. The van der Waals surface area contributed by atoms with E-state index in [0.29, 0.717) is 17.8 Å². The van der Waals surface area contributed by atoms with Crippen molar-refractivity contribution in [3.8, 4) is 0 Å². The van der Waals surface area contributed by atoms with Crippen LogP contribution in [0, 0.1) is 0 Å². The minimum atomic E-state index is 0.304. The molecule has 1 aromatic rings. The maximum atomic E-state index is 5.58. The third-order valence-electron chi connectivity index (χ3n) is 3.37. The van der Waals surface area contributed by atoms with Crippen molar-refractivity contribution in [1.82, 2.24) is 9.97 Å². The molecule has 98 valence electrons. The van der Waals surface area contributed by atoms with Gasteiger partial charge in [-0.25, -0.2) is 15.8 Å². The normalized spacial score (nSPS) is 23.1. The Hall–Kier alpha value is -1.40. The van der Waals surface area contributed by atoms with Crippen LogP contribution in [0.5, 0.6) is 0 Å². The van der Waals surface area contributed by atoms with E-state index in [1.165, 1.54) is 12.8 Å². The number of nitrogens with zero attached hydrogens (tertiary/aromatic N) is 2. The van der Waals surface area contributed by atoms with E-state index in [1.54, 1.807) is 0 Å². The molecule has 1 aliphatic heterocycles. The van der Waals surface area contributed by atoms with Crippen LogP contribution in [0.15, 0.2) is 6.07 Å². The molecule has 6 heteroatoms. The number of nitrogens with one attached hydrogen (secondary N) is 2. The first-order valence-corrected chi connectivity index (χ1v) is 6.56. The van der Waals surface area contributed by atoms with E-state index < -0.39 is 0 Å². The summed E-state index contributed by atoms with van der Waals surface area (Å²) < 4.78 is 5.58. The third-order valence-corrected chi connectivity index (χ3v) is 3.37. The largest absolute Gasteiger partial charge is 0.376 e. The second kappa shape index (κ2) is 5.07. The first-order chi connectivity index (χ1) is 8.85. The number of anilines is 2. The lowest BCUT2D eigenvalue weighted by Crippen LogP contribution is -2.20. The molecule has 0 bridgehead atoms. The Morgan fingerprint density at radius 3 is 2.78 bits per heavy atom. The molecule has 1 aromatic heterocycles. The third kappa shape index (κ3) is 2.70. The predicted octanol–water partition coefficient (Wildman–Crippen LogP) is 1.23. The Labute approximate surface area is 106 Å². The highest BCUT2D eigenvalue weighted by Gasteiger charge is 2.27. The molecule has 0 spiro atoms. The second-order valence-corrected chi connectivity index (χ2v) is 4.93. The molecule has 0 radical (unpaired) electrons. The number of nitrogen functional groups attached to an aromatic ring is 1. The van der Waals surface area contributed by atoms with Crippen LogP contribution in [0.3, 0.4) is 0 Å². The van der Waals surface area contributed by atoms with E-state index in [9.17, 15) is 0 Å². The van der Waals surface area contributed by atoms with Gasteiger partial charge in [-0.3, -0.25) is 0 Å². The van der Waals surface area contributed by atoms with Gasteiger partial charge >= 0.3 is 0 Å². The van der Waals surface area contributed by atoms with Crippen LogP contribution in [0.2, 0.25) is 0 Å². The van der Waals surface area contributed by atoms with E-state index in [1.807, 2.05) is 6.07 Å². The standard InChI is InChI=1S/C12H19N5O/c13-17-11-6-10(14-7-9-2-1-5-18-9)15-12(16-11)8-3-4-8/h6,8-9H,1-5,7,13H2,(H2,14,15,16,17). The fourth-order valence-electron chi connectivity index (χ4n) is 2.18. The molecule has 4 N–H and O–H groups in total. The predicted molar refractivity (Wildman–Crippen MR) is 69.3 cm³/mol. The van der Waals surface area contributed by atoms with Gasteiger partial charge in [0, 0.05) is 25.1 Å². The summed E-state index contributed by atoms with van der Waals surface area (Å²) in [4.78, 5) is 8.91. The summed E-state index contributed by atoms with van der Waals surface area (Å²) in [6, 6.07) is 1.83. The zero-order chi connectivity index (χ0) is 12.4. The Kier molecular flexibility index (Phi) is 3.29. The van der Waals surface area contributed by atoms with Gasteiger partial charge in [-0.15, -0.1) is 0 Å². The average Bonchev–Trinajstić information content (AvgIpc) is 3.13. The van der Waals surface area contributed by atoms with E-state index in [-0.39, 0.29) is 0 Å². The number of ether oxygens (including phenoxy) is 1. The van der Waals surface area contributed by atoms with Crippen LogP contribution >= 0.6 is 0 Å². The molecule has 0 amide bonds. The van der Waals surface area contributed by atoms with Gasteiger partial charge in [0.05, 0.1) is 6.10 Å². The Balaban J connectivity index is 1.67. The van der Waals surface area contributed by atoms with Crippen molar-refractivity contribution < 1.29 is 4.74 Å². The fraction of sp³-hybridized carbons (Fsp3) is 0.667. The van der Waals surface area contributed by atoms with Gasteiger partial charge in [-0.05, 0) is 25.7 Å². The van der Waals surface area contributed by atoms with Crippen molar-refractivity contribution in [2.45, 2.75) is 37.7 Å². The summed E-state index contributed by atoms with van der Waals surface area (Å²) in [7, 11) is 0. The minimum absolute atomic E-state index is 0.304. The molecule has 2 aliphatic rings. The topological polar surface area (TPSA) is 85.1 Å². The number of aromatic nitrogens is 2. The first kappa shape index (κ1) is 11.7. The first-order valence-electron chi connectivity index (χ1n) is 6.56. The Morgan fingerprint density at radius 2 is 2.11 bits per heavy atom. The summed E-state index contributed by atoms with van der Waals surface area (Å²) in [6.07, 6.45) is 4.94. The average molecular weight is 249 g/mol. The molecule has 2 fully saturated rings. The van der Waals surface area contributed by atoms with E-state index in [2.05, 4.69) is 20.7 Å². The molecule has 1 saturated carbocycles. The molecule has 1 atom stereocenters. The molecule has 2 heterocycles. The van der Waals surface area contributed by atoms with E-state index >= 15 is 0 Å². The van der Waals surface area contributed by atoms with Crippen molar-refractivity contribution in [2.24, 2.45) is 5.84 Å². The zero-order valence-electron chi connectivity index (χ0n) is 10.4. The summed E-state index contributed by atoms with van der Waals surface area (Å²) in [5, 5.41) is 3.31. The Morgan fingerprint density at radius 1 is 1.28 bits per heavy atom. The molecule has 18 heavy (non-hydrogen) atoms. The van der Waals surface area contributed by atoms with E-state index in [0.717, 1.165) is 37.6 Å². The van der Waals surface area contributed by atoms with Crippen LogP contribution in [-0.2, 0) is 4.74 Å². The second-order valence-electron chi connectivity index (χ2n) is 4.93. The SMILES string of the molecule is NNc1cc(NCC2CCCO2)nc(C2CC2)n1. The van der Waals surface area contributed by atoms with Gasteiger partial charge in [-0.1, -0.05) is 0 Å². The molecule has 0 aromatic carbocycles. The lowest BCUT2D eigenvalue weighted by Gasteiger charge is -2.12. The van der Waals surface area contributed by atoms with Gasteiger partial charge in [0.25, 0.3) is 0 Å². The monoisotopic (exact) mass is 249 g/mol. The zero-order valence-corrected chi connectivity index (χ0v) is 10.4. The van der Waals surface area contributed by atoms with Gasteiger partial charge in [-0.2, -0.15) is 0 Å². The molecule has 3 rings (SSSR count). The lowest BCUT2D eigenvalue weighted by atomic mass is 10.2. The maximum absolute atomic E-state index is 5.58. The molecular formula is C12H19N5O. The van der Waals surface area contributed by atoms with Crippen LogP contribution in [0.4, 0.5) is 11.6 Å². The summed E-state index contributed by atoms with van der Waals surface area (Å²) in [6.45, 7) is 1.67. The van der Waals surface area contributed by atoms with Crippen LogP contribution in [0.1, 0.15) is 37.4 Å². The fourth-order valence-corrected chi connectivity index (χ4v) is 2.18. The smallest absolute Gasteiger partial charge is 0.145 e. The highest BCUT2D eigenvalue weighted by Crippen LogP contribution is 2.38.